The molecule has 0 aliphatic carbocycles. The summed E-state index contributed by atoms with van der Waals surface area (Å²) in [6.45, 7) is -0.111. The SMILES string of the molecule is COc1ccc(/C=C2/C(=O)NC(=O)N(c3cccc(F)c3)C2=O)cc1CN1C(=O)c2ccccc2C1=O. The van der Waals surface area contributed by atoms with Crippen molar-refractivity contribution in [1.29, 1.82) is 0 Å². The van der Waals surface area contributed by atoms with E-state index in [1.807, 2.05) is 0 Å². The minimum absolute atomic E-state index is 0.0399. The van der Waals surface area contributed by atoms with E-state index in [9.17, 15) is 28.4 Å². The maximum absolute atomic E-state index is 13.7. The van der Waals surface area contributed by atoms with Crippen molar-refractivity contribution in [3.8, 4) is 5.75 Å². The molecule has 1 N–H and O–H groups in total. The molecule has 0 aromatic heterocycles. The zero-order valence-electron chi connectivity index (χ0n) is 19.4. The maximum atomic E-state index is 13.7. The summed E-state index contributed by atoms with van der Waals surface area (Å²) in [5.41, 5.74) is 1.03. The number of fused-ring (bicyclic) bond motifs is 1. The van der Waals surface area contributed by atoms with Gasteiger partial charge in [0.25, 0.3) is 23.6 Å². The van der Waals surface area contributed by atoms with E-state index in [1.54, 1.807) is 42.5 Å². The van der Waals surface area contributed by atoms with Gasteiger partial charge in [0.1, 0.15) is 17.1 Å². The minimum atomic E-state index is -1.00. The largest absolute Gasteiger partial charge is 0.496 e. The lowest BCUT2D eigenvalue weighted by molar-refractivity contribution is -0.122. The van der Waals surface area contributed by atoms with Crippen LogP contribution in [0.4, 0.5) is 14.9 Å². The van der Waals surface area contributed by atoms with Crippen LogP contribution < -0.4 is 15.0 Å². The van der Waals surface area contributed by atoms with Gasteiger partial charge in [0, 0.05) is 5.56 Å². The number of hydrogen-bond acceptors (Lipinski definition) is 6. The molecule has 37 heavy (non-hydrogen) atoms. The number of ether oxygens (including phenoxy) is 1. The first-order chi connectivity index (χ1) is 17.8. The van der Waals surface area contributed by atoms with Crippen LogP contribution in [-0.2, 0) is 16.1 Å². The van der Waals surface area contributed by atoms with E-state index in [4.69, 9.17) is 4.74 Å². The van der Waals surface area contributed by atoms with E-state index in [1.165, 1.54) is 25.3 Å². The number of imide groups is 3. The zero-order chi connectivity index (χ0) is 26.3. The molecule has 2 aliphatic rings. The Morgan fingerprint density at radius 1 is 0.865 bits per heavy atom. The van der Waals surface area contributed by atoms with Crippen molar-refractivity contribution in [2.24, 2.45) is 0 Å². The highest BCUT2D eigenvalue weighted by Crippen LogP contribution is 2.29. The molecular weight excluding hydrogens is 481 g/mol. The first-order valence-corrected chi connectivity index (χ1v) is 11.1. The number of amides is 6. The molecule has 0 bridgehead atoms. The molecule has 1 fully saturated rings. The van der Waals surface area contributed by atoms with Crippen molar-refractivity contribution in [3.05, 3.63) is 100 Å². The van der Waals surface area contributed by atoms with Crippen molar-refractivity contribution >= 4 is 41.4 Å². The van der Waals surface area contributed by atoms with Gasteiger partial charge in [-0.05, 0) is 54.1 Å². The molecule has 0 spiro atoms. The topological polar surface area (TPSA) is 113 Å². The number of halogens is 1. The number of carbonyl (C=O) groups excluding carboxylic acids is 5. The zero-order valence-corrected chi connectivity index (χ0v) is 19.4. The first kappa shape index (κ1) is 23.6. The van der Waals surface area contributed by atoms with Crippen LogP contribution in [0.15, 0.2) is 72.3 Å². The lowest BCUT2D eigenvalue weighted by Crippen LogP contribution is -2.54. The van der Waals surface area contributed by atoms with Gasteiger partial charge in [-0.3, -0.25) is 29.4 Å². The van der Waals surface area contributed by atoms with E-state index >= 15 is 0 Å². The predicted molar refractivity (Wildman–Crippen MR) is 129 cm³/mol. The number of urea groups is 1. The second-order valence-electron chi connectivity index (χ2n) is 8.25. The van der Waals surface area contributed by atoms with Gasteiger partial charge in [0.15, 0.2) is 0 Å². The summed E-state index contributed by atoms with van der Waals surface area (Å²) in [5.74, 6) is -3.02. The number of carbonyl (C=O) groups is 5. The average Bonchev–Trinajstić information content (AvgIpc) is 3.11. The summed E-state index contributed by atoms with van der Waals surface area (Å²) >= 11 is 0. The Hall–Kier alpha value is -5.12. The summed E-state index contributed by atoms with van der Waals surface area (Å²) in [7, 11) is 1.43. The smallest absolute Gasteiger partial charge is 0.335 e. The van der Waals surface area contributed by atoms with Crippen LogP contribution in [0.1, 0.15) is 31.8 Å². The van der Waals surface area contributed by atoms with E-state index in [0.717, 1.165) is 17.0 Å². The van der Waals surface area contributed by atoms with Gasteiger partial charge >= 0.3 is 6.03 Å². The number of nitrogens with one attached hydrogen (secondary N) is 1. The Morgan fingerprint density at radius 3 is 2.22 bits per heavy atom. The molecular formula is C27H18FN3O6. The average molecular weight is 499 g/mol. The van der Waals surface area contributed by atoms with Crippen LogP contribution in [0.5, 0.6) is 5.75 Å². The number of barbiturate groups is 1. The molecule has 5 rings (SSSR count). The molecule has 2 aliphatic heterocycles. The van der Waals surface area contributed by atoms with E-state index in [2.05, 4.69) is 5.32 Å². The molecule has 0 saturated carbocycles. The summed E-state index contributed by atoms with van der Waals surface area (Å²) < 4.78 is 19.1. The second-order valence-corrected chi connectivity index (χ2v) is 8.25. The third-order valence-corrected chi connectivity index (χ3v) is 5.99. The number of anilines is 1. The molecule has 10 heteroatoms. The van der Waals surface area contributed by atoms with Crippen LogP contribution in [0.2, 0.25) is 0 Å². The normalized spacial score (nSPS) is 16.4. The number of methoxy groups -OCH3 is 1. The quantitative estimate of drug-likeness (QED) is 0.328. The van der Waals surface area contributed by atoms with Gasteiger partial charge in [0.05, 0.1) is 30.5 Å². The fourth-order valence-corrected chi connectivity index (χ4v) is 4.24. The highest BCUT2D eigenvalue weighted by atomic mass is 19.1. The molecule has 3 aromatic rings. The minimum Gasteiger partial charge on any atom is -0.496 e. The summed E-state index contributed by atoms with van der Waals surface area (Å²) in [6, 6.07) is 15.1. The lowest BCUT2D eigenvalue weighted by atomic mass is 10.0. The third-order valence-electron chi connectivity index (χ3n) is 5.99. The molecule has 0 unspecified atom stereocenters. The van der Waals surface area contributed by atoms with Crippen LogP contribution in [0.25, 0.3) is 6.08 Å². The Bertz CT molecular complexity index is 1510. The monoisotopic (exact) mass is 499 g/mol. The fraction of sp³-hybridized carbons (Fsp3) is 0.0741. The summed E-state index contributed by atoms with van der Waals surface area (Å²) in [5, 5.41) is 2.08. The van der Waals surface area contributed by atoms with E-state index in [0.29, 0.717) is 32.9 Å². The van der Waals surface area contributed by atoms with Crippen molar-refractivity contribution in [3.63, 3.8) is 0 Å². The molecule has 2 heterocycles. The second kappa shape index (κ2) is 9.15. The molecule has 1 saturated heterocycles. The van der Waals surface area contributed by atoms with Gasteiger partial charge in [-0.25, -0.2) is 14.1 Å². The van der Waals surface area contributed by atoms with Crippen LogP contribution in [-0.4, -0.2) is 41.7 Å². The Kier molecular flexibility index (Phi) is 5.84. The summed E-state index contributed by atoms with van der Waals surface area (Å²) in [6.07, 6.45) is 1.27. The third kappa shape index (κ3) is 4.14. The van der Waals surface area contributed by atoms with Crippen molar-refractivity contribution in [2.45, 2.75) is 6.54 Å². The lowest BCUT2D eigenvalue weighted by Gasteiger charge is -2.26. The standard InChI is InChI=1S/C27H18FN3O6/c1-37-22-10-9-15(11-16(22)14-30-24(33)19-7-2-3-8-20(19)25(30)34)12-21-23(32)29-27(36)31(26(21)35)18-6-4-5-17(28)13-18/h2-13H,14H2,1H3,(H,29,32,36)/b21-12-. The number of rotatable bonds is 5. The molecule has 6 amide bonds. The molecule has 9 nitrogen and oxygen atoms in total. The first-order valence-electron chi connectivity index (χ1n) is 11.1. The van der Waals surface area contributed by atoms with Crippen LogP contribution in [0, 0.1) is 5.82 Å². The van der Waals surface area contributed by atoms with Crippen molar-refractivity contribution < 1.29 is 33.1 Å². The van der Waals surface area contributed by atoms with Gasteiger partial charge in [0.2, 0.25) is 0 Å². The van der Waals surface area contributed by atoms with Gasteiger partial charge in [-0.1, -0.05) is 24.3 Å². The molecule has 184 valence electrons. The van der Waals surface area contributed by atoms with E-state index in [-0.39, 0.29) is 17.8 Å². The number of hydrogen-bond donors (Lipinski definition) is 1. The van der Waals surface area contributed by atoms with E-state index < -0.39 is 35.5 Å². The van der Waals surface area contributed by atoms with Crippen molar-refractivity contribution in [2.75, 3.05) is 12.0 Å². The Labute approximate surface area is 209 Å². The summed E-state index contributed by atoms with van der Waals surface area (Å²) in [4.78, 5) is 65.3. The van der Waals surface area contributed by atoms with Gasteiger partial charge in [-0.15, -0.1) is 0 Å². The molecule has 0 atom stereocenters. The molecule has 3 aromatic carbocycles. The Balaban J connectivity index is 1.48. The van der Waals surface area contributed by atoms with Gasteiger partial charge in [-0.2, -0.15) is 0 Å². The van der Waals surface area contributed by atoms with Crippen molar-refractivity contribution in [1.82, 2.24) is 10.2 Å². The predicted octanol–water partition coefficient (Wildman–Crippen LogP) is 3.30. The Morgan fingerprint density at radius 2 is 1.57 bits per heavy atom. The highest BCUT2D eigenvalue weighted by Gasteiger charge is 2.38. The maximum Gasteiger partial charge on any atom is 0.335 e. The van der Waals surface area contributed by atoms with Crippen LogP contribution in [0.3, 0.4) is 0 Å². The molecule has 0 radical (unpaired) electrons. The number of nitrogens with zero attached hydrogens (tertiary/aromatic N) is 2. The fourth-order valence-electron chi connectivity index (χ4n) is 4.24. The highest BCUT2D eigenvalue weighted by molar-refractivity contribution is 6.39. The van der Waals surface area contributed by atoms with Gasteiger partial charge < -0.3 is 4.74 Å². The number of benzene rings is 3. The van der Waals surface area contributed by atoms with Crippen LogP contribution >= 0.6 is 0 Å².